The Hall–Kier alpha value is -0.963. The first kappa shape index (κ1) is 28.3. The molecule has 0 amide bonds. The molecule has 4 nitrogen and oxygen atoms in total. The highest BCUT2D eigenvalue weighted by Gasteiger charge is 2.45. The van der Waals surface area contributed by atoms with E-state index in [0.29, 0.717) is 36.4 Å². The summed E-state index contributed by atoms with van der Waals surface area (Å²) in [6.45, 7) is 15.3. The van der Waals surface area contributed by atoms with E-state index >= 15 is 0 Å². The molecule has 0 radical (unpaired) electrons. The summed E-state index contributed by atoms with van der Waals surface area (Å²) in [6, 6.07) is 7.91. The van der Waals surface area contributed by atoms with Gasteiger partial charge in [0.2, 0.25) is 8.32 Å². The predicted molar refractivity (Wildman–Crippen MR) is 148 cm³/mol. The summed E-state index contributed by atoms with van der Waals surface area (Å²) in [5.41, 5.74) is 3.70. The van der Waals surface area contributed by atoms with Crippen LogP contribution in [-0.2, 0) is 20.6 Å². The first-order valence-electron chi connectivity index (χ1n) is 12.0. The van der Waals surface area contributed by atoms with Gasteiger partial charge in [-0.3, -0.25) is 4.79 Å². The Labute approximate surface area is 215 Å². The smallest absolute Gasteiger partial charge is 0.200 e. The van der Waals surface area contributed by atoms with Gasteiger partial charge in [0.1, 0.15) is 5.75 Å². The lowest BCUT2D eigenvalue weighted by Gasteiger charge is -2.42. The van der Waals surface area contributed by atoms with E-state index in [1.807, 2.05) is 24.3 Å². The van der Waals surface area contributed by atoms with Crippen molar-refractivity contribution in [1.29, 1.82) is 0 Å². The van der Waals surface area contributed by atoms with Crippen LogP contribution in [0, 0.1) is 5.92 Å². The quantitative estimate of drug-likeness (QED) is 0.110. The average molecular weight is 585 g/mol. The van der Waals surface area contributed by atoms with Gasteiger partial charge in [-0.2, -0.15) is 0 Å². The minimum absolute atomic E-state index is 0.105. The minimum atomic E-state index is -2.02. The summed E-state index contributed by atoms with van der Waals surface area (Å²) in [4.78, 5) is 12.9. The second-order valence-electron chi connectivity index (χ2n) is 9.83. The molecular weight excluding hydrogens is 543 g/mol. The third kappa shape index (κ3) is 7.51. The highest BCUT2D eigenvalue weighted by Crippen LogP contribution is 2.43. The largest absolute Gasteiger partial charge is 0.497 e. The number of hydrogen-bond donors (Lipinski definition) is 0. The molecule has 1 aliphatic rings. The van der Waals surface area contributed by atoms with Crippen molar-refractivity contribution < 1.29 is 18.7 Å². The summed E-state index contributed by atoms with van der Waals surface area (Å²) in [5, 5.41) is 0. The standard InChI is InChI=1S/C27H41IO4Si/c1-19(2)33(20(3)4,21(5)6)32-18-23(26-13-10-24(28)16-27(26)29)14-15-31-17-22-8-11-25(30-7)12-9-22/h8-9,11-12,14,16,19-21,26H,10,13,15,17-18H2,1-7H3/b23-14-/t26-/m1/s1. The van der Waals surface area contributed by atoms with Gasteiger partial charge in [-0.1, -0.05) is 59.8 Å². The van der Waals surface area contributed by atoms with Gasteiger partial charge >= 0.3 is 0 Å². The maximum Gasteiger partial charge on any atom is 0.200 e. The van der Waals surface area contributed by atoms with Gasteiger partial charge in [-0.05, 0) is 85.0 Å². The number of rotatable bonds is 12. The molecule has 0 unspecified atom stereocenters. The van der Waals surface area contributed by atoms with E-state index < -0.39 is 8.32 Å². The third-order valence-electron chi connectivity index (χ3n) is 6.85. The lowest BCUT2D eigenvalue weighted by Crippen LogP contribution is -2.48. The summed E-state index contributed by atoms with van der Waals surface area (Å²) in [5.74, 6) is 0.928. The van der Waals surface area contributed by atoms with Gasteiger partial charge in [-0.15, -0.1) is 0 Å². The van der Waals surface area contributed by atoms with Crippen LogP contribution in [0.1, 0.15) is 59.9 Å². The normalized spacial score (nSPS) is 17.8. The topological polar surface area (TPSA) is 44.8 Å². The van der Waals surface area contributed by atoms with Crippen molar-refractivity contribution in [2.45, 2.75) is 77.6 Å². The predicted octanol–water partition coefficient (Wildman–Crippen LogP) is 7.63. The van der Waals surface area contributed by atoms with Crippen molar-refractivity contribution >= 4 is 36.7 Å². The number of benzene rings is 1. The zero-order valence-electron chi connectivity index (χ0n) is 21.3. The molecule has 0 aliphatic heterocycles. The zero-order valence-corrected chi connectivity index (χ0v) is 24.5. The highest BCUT2D eigenvalue weighted by molar-refractivity contribution is 14.1. The van der Waals surface area contributed by atoms with E-state index in [1.165, 1.54) is 0 Å². The highest BCUT2D eigenvalue weighted by atomic mass is 127. The van der Waals surface area contributed by atoms with E-state index in [0.717, 1.165) is 33.3 Å². The van der Waals surface area contributed by atoms with Crippen LogP contribution >= 0.6 is 22.6 Å². The molecule has 0 aromatic heterocycles. The number of allylic oxidation sites excluding steroid dienone is 2. The lowest BCUT2D eigenvalue weighted by atomic mass is 9.86. The number of carbonyl (C=O) groups excluding carboxylic acids is 1. The Morgan fingerprint density at radius 2 is 1.70 bits per heavy atom. The van der Waals surface area contributed by atoms with Crippen LogP contribution < -0.4 is 4.74 Å². The van der Waals surface area contributed by atoms with Crippen molar-refractivity contribution in [1.82, 2.24) is 0 Å². The van der Waals surface area contributed by atoms with Gasteiger partial charge < -0.3 is 13.9 Å². The summed E-state index contributed by atoms with van der Waals surface area (Å²) in [6.07, 6.45) is 5.69. The van der Waals surface area contributed by atoms with Gasteiger partial charge in [0, 0.05) is 5.92 Å². The van der Waals surface area contributed by atoms with Crippen molar-refractivity contribution in [2.24, 2.45) is 5.92 Å². The molecule has 184 valence electrons. The third-order valence-corrected chi connectivity index (χ3v) is 13.8. The number of ketones is 1. The number of hydrogen-bond acceptors (Lipinski definition) is 4. The van der Waals surface area contributed by atoms with Crippen LogP contribution in [0.3, 0.4) is 0 Å². The van der Waals surface area contributed by atoms with E-state index in [4.69, 9.17) is 13.9 Å². The average Bonchev–Trinajstić information content (AvgIpc) is 2.75. The Morgan fingerprint density at radius 3 is 2.21 bits per heavy atom. The molecule has 1 aromatic rings. The Bertz CT molecular complexity index is 805. The van der Waals surface area contributed by atoms with Gasteiger partial charge in [0.05, 0.1) is 26.9 Å². The fourth-order valence-electron chi connectivity index (χ4n) is 5.19. The first-order chi connectivity index (χ1) is 15.6. The molecule has 1 atom stereocenters. The molecule has 0 N–H and O–H groups in total. The molecule has 6 heteroatoms. The molecule has 2 rings (SSSR count). The molecule has 0 bridgehead atoms. The van der Waals surface area contributed by atoms with Crippen molar-refractivity contribution in [3.63, 3.8) is 0 Å². The van der Waals surface area contributed by atoms with Crippen LogP contribution in [0.2, 0.25) is 16.6 Å². The van der Waals surface area contributed by atoms with Crippen LogP contribution in [0.15, 0.2) is 45.6 Å². The molecule has 1 aromatic carbocycles. The molecule has 0 fully saturated rings. The van der Waals surface area contributed by atoms with Gasteiger partial charge in [-0.25, -0.2) is 0 Å². The van der Waals surface area contributed by atoms with Crippen LogP contribution in [0.4, 0.5) is 0 Å². The molecule has 33 heavy (non-hydrogen) atoms. The monoisotopic (exact) mass is 584 g/mol. The second-order valence-corrected chi connectivity index (χ2v) is 16.7. The Balaban J connectivity index is 2.16. The number of carbonyl (C=O) groups is 1. The second kappa shape index (κ2) is 13.2. The molecule has 0 spiro atoms. The minimum Gasteiger partial charge on any atom is -0.497 e. The number of methoxy groups -OCH3 is 1. The van der Waals surface area contributed by atoms with Gasteiger partial charge in [0.25, 0.3) is 0 Å². The van der Waals surface area contributed by atoms with Crippen LogP contribution in [-0.4, -0.2) is 34.4 Å². The fraction of sp³-hybridized carbons (Fsp3) is 0.593. The first-order valence-corrected chi connectivity index (χ1v) is 15.3. The Morgan fingerprint density at radius 1 is 1.09 bits per heavy atom. The van der Waals surface area contributed by atoms with E-state index in [9.17, 15) is 4.79 Å². The lowest BCUT2D eigenvalue weighted by molar-refractivity contribution is -0.117. The summed E-state index contributed by atoms with van der Waals surface area (Å²) < 4.78 is 19.2. The van der Waals surface area contributed by atoms with E-state index in [-0.39, 0.29) is 11.7 Å². The maximum atomic E-state index is 12.9. The van der Waals surface area contributed by atoms with Crippen molar-refractivity contribution in [3.05, 3.63) is 51.1 Å². The van der Waals surface area contributed by atoms with E-state index in [1.54, 1.807) is 13.2 Å². The Kier molecular flexibility index (Phi) is 11.3. The van der Waals surface area contributed by atoms with E-state index in [2.05, 4.69) is 70.2 Å². The number of ether oxygens (including phenoxy) is 2. The summed E-state index contributed by atoms with van der Waals surface area (Å²) >= 11 is 2.27. The van der Waals surface area contributed by atoms with Gasteiger partial charge in [0.15, 0.2) is 5.78 Å². The fourth-order valence-corrected chi connectivity index (χ4v) is 11.2. The van der Waals surface area contributed by atoms with Crippen LogP contribution in [0.25, 0.3) is 0 Å². The molecule has 0 saturated carbocycles. The zero-order chi connectivity index (χ0) is 24.6. The summed E-state index contributed by atoms with van der Waals surface area (Å²) in [7, 11) is -0.356. The van der Waals surface area contributed by atoms with Crippen molar-refractivity contribution in [2.75, 3.05) is 20.3 Å². The molecule has 0 heterocycles. The number of halogens is 1. The molecular formula is C27H41IO4Si. The maximum absolute atomic E-state index is 12.9. The van der Waals surface area contributed by atoms with Crippen molar-refractivity contribution in [3.8, 4) is 5.75 Å². The molecule has 1 aliphatic carbocycles. The SMILES string of the molecule is COc1ccc(COC/C=C(/CO[Si](C(C)C)(C(C)C)C(C)C)[C@H]2CCC(I)=CC2=O)cc1. The van der Waals surface area contributed by atoms with Crippen LogP contribution in [0.5, 0.6) is 5.75 Å². The molecule has 0 saturated heterocycles.